The van der Waals surface area contributed by atoms with Crippen LogP contribution in [0.1, 0.15) is 52.4 Å². The summed E-state index contributed by atoms with van der Waals surface area (Å²) >= 11 is 0. The topological polar surface area (TPSA) is 0 Å². The summed E-state index contributed by atoms with van der Waals surface area (Å²) in [4.78, 5) is 0. The van der Waals surface area contributed by atoms with Crippen LogP contribution in [0.25, 0.3) is 0 Å². The van der Waals surface area contributed by atoms with Gasteiger partial charge in [-0.15, -0.1) is 12.4 Å². The third kappa shape index (κ3) is 22.5. The van der Waals surface area contributed by atoms with E-state index in [1.165, 1.54) is 38.5 Å². The Morgan fingerprint density at radius 2 is 1.50 bits per heavy atom. The maximum Gasteiger partial charge on any atom is 2.00 e. The van der Waals surface area contributed by atoms with Crippen molar-refractivity contribution in [1.29, 1.82) is 0 Å². The van der Waals surface area contributed by atoms with Crippen LogP contribution in [0.5, 0.6) is 0 Å². The zero-order chi connectivity index (χ0) is 6.95. The Morgan fingerprint density at radius 1 is 1.00 bits per heavy atom. The van der Waals surface area contributed by atoms with Gasteiger partial charge in [-0.3, -0.25) is 0 Å². The molecule has 0 saturated carbocycles. The third-order valence-electron chi connectivity index (χ3n) is 1.60. The zero-order valence-corrected chi connectivity index (χ0v) is 11.2. The summed E-state index contributed by atoms with van der Waals surface area (Å²) in [7, 11) is 0. The molecule has 0 atom stereocenters. The first kappa shape index (κ1) is 23.1. The minimum Gasteiger partial charge on any atom is -0.358 e. The molecule has 0 radical (unpaired) electrons. The number of hydrogen-bond acceptors (Lipinski definition) is 0. The smallest absolute Gasteiger partial charge is 0.358 e. The molecule has 0 aromatic heterocycles. The summed E-state index contributed by atoms with van der Waals surface area (Å²) in [5.74, 6) is 0. The average Bonchev–Trinajstić information content (AvgIpc) is 1.89. The Hall–Kier alpha value is 1.06. The fourth-order valence-corrected chi connectivity index (χ4v) is 0.952. The monoisotopic (exact) mass is 202 g/mol. The van der Waals surface area contributed by atoms with Gasteiger partial charge >= 0.3 is 23.1 Å². The molecule has 0 amide bonds. The second-order valence-corrected chi connectivity index (χ2v) is 2.61. The first-order valence-electron chi connectivity index (χ1n) is 4.19. The van der Waals surface area contributed by atoms with Gasteiger partial charge in [0.15, 0.2) is 0 Å². The molecular formula is C10H23ClMg. The minimum atomic E-state index is 0. The van der Waals surface area contributed by atoms with Crippen LogP contribution in [0.3, 0.4) is 0 Å². The van der Waals surface area contributed by atoms with E-state index in [-0.39, 0.29) is 42.9 Å². The summed E-state index contributed by atoms with van der Waals surface area (Å²) < 4.78 is 0. The van der Waals surface area contributed by atoms with Gasteiger partial charge in [0.25, 0.3) is 0 Å². The normalized spacial score (nSPS) is 7.50. The van der Waals surface area contributed by atoms with Crippen LogP contribution in [0.2, 0.25) is 0 Å². The van der Waals surface area contributed by atoms with Gasteiger partial charge in [-0.25, -0.2) is 0 Å². The van der Waals surface area contributed by atoms with Crippen LogP contribution in [-0.2, 0) is 0 Å². The summed E-state index contributed by atoms with van der Waals surface area (Å²) in [6.45, 7) is 4.39. The molecule has 0 fully saturated rings. The van der Waals surface area contributed by atoms with Crippen molar-refractivity contribution >= 4 is 35.5 Å². The van der Waals surface area contributed by atoms with Crippen molar-refractivity contribution in [3.05, 3.63) is 13.8 Å². The molecule has 0 unspecified atom stereocenters. The van der Waals surface area contributed by atoms with Crippen LogP contribution >= 0.6 is 12.4 Å². The van der Waals surface area contributed by atoms with Gasteiger partial charge in [0.05, 0.1) is 0 Å². The first-order valence-corrected chi connectivity index (χ1v) is 4.19. The maximum absolute atomic E-state index is 2.26. The average molecular weight is 203 g/mol. The van der Waals surface area contributed by atoms with Crippen molar-refractivity contribution in [3.8, 4) is 0 Å². The molecular weight excluding hydrogens is 180 g/mol. The largest absolute Gasteiger partial charge is 2.00 e. The van der Waals surface area contributed by atoms with Crippen molar-refractivity contribution < 1.29 is 0 Å². The predicted molar refractivity (Wildman–Crippen MR) is 62.8 cm³/mol. The van der Waals surface area contributed by atoms with Gasteiger partial charge in [-0.1, -0.05) is 39.0 Å². The molecule has 2 heteroatoms. The number of unbranched alkanes of at least 4 members (excludes halogenated alkanes) is 6. The number of rotatable bonds is 6. The Kier molecular flexibility index (Phi) is 43.8. The van der Waals surface area contributed by atoms with E-state index in [0.717, 1.165) is 0 Å². The van der Waals surface area contributed by atoms with Gasteiger partial charge in [0.2, 0.25) is 0 Å². The molecule has 12 heavy (non-hydrogen) atoms. The van der Waals surface area contributed by atoms with Crippen molar-refractivity contribution in [3.63, 3.8) is 0 Å². The van der Waals surface area contributed by atoms with Crippen molar-refractivity contribution in [1.82, 2.24) is 0 Å². The fourth-order valence-electron chi connectivity index (χ4n) is 0.952. The van der Waals surface area contributed by atoms with Crippen molar-refractivity contribution in [2.75, 3.05) is 0 Å². The van der Waals surface area contributed by atoms with Gasteiger partial charge in [-0.05, 0) is 0 Å². The molecule has 0 saturated heterocycles. The summed E-state index contributed by atoms with van der Waals surface area (Å²) in [6, 6.07) is 0. The summed E-state index contributed by atoms with van der Waals surface area (Å²) in [6.07, 6.45) is 10.6. The molecule has 0 aromatic carbocycles. The van der Waals surface area contributed by atoms with Crippen LogP contribution in [0, 0.1) is 13.8 Å². The molecule has 0 aliphatic carbocycles. The fraction of sp³-hybridized carbons (Fsp3) is 0.800. The van der Waals surface area contributed by atoms with Gasteiger partial charge < -0.3 is 13.8 Å². The van der Waals surface area contributed by atoms with E-state index in [0.29, 0.717) is 0 Å². The number of halogens is 1. The van der Waals surface area contributed by atoms with Crippen LogP contribution in [0.15, 0.2) is 0 Å². The van der Waals surface area contributed by atoms with E-state index in [1.54, 1.807) is 0 Å². The number of hydrogen-bond donors (Lipinski definition) is 0. The Labute approximate surface area is 101 Å². The molecule has 0 aliphatic rings. The van der Waals surface area contributed by atoms with Gasteiger partial charge in [0.1, 0.15) is 0 Å². The van der Waals surface area contributed by atoms with Crippen LogP contribution in [0.4, 0.5) is 0 Å². The van der Waals surface area contributed by atoms with E-state index >= 15 is 0 Å². The first-order chi connectivity index (χ1) is 4.41. The molecule has 0 rings (SSSR count). The second kappa shape index (κ2) is 22.7. The van der Waals surface area contributed by atoms with Gasteiger partial charge in [-0.2, -0.15) is 13.3 Å². The molecule has 72 valence electrons. The summed E-state index contributed by atoms with van der Waals surface area (Å²) in [5.41, 5.74) is 0. The molecule has 0 nitrogen and oxygen atoms in total. The molecule has 0 spiro atoms. The maximum atomic E-state index is 2.26. The predicted octanol–water partition coefficient (Wildman–Crippen LogP) is 4.06. The summed E-state index contributed by atoms with van der Waals surface area (Å²) in [5, 5.41) is 0. The van der Waals surface area contributed by atoms with Crippen molar-refractivity contribution in [2.24, 2.45) is 0 Å². The minimum absolute atomic E-state index is 0. The van der Waals surface area contributed by atoms with E-state index < -0.39 is 0 Å². The SMILES string of the molecule is C[CH-]CCCCCCC.Cl.[CH3-].[Mg+2]. The van der Waals surface area contributed by atoms with Crippen molar-refractivity contribution in [2.45, 2.75) is 52.4 Å². The van der Waals surface area contributed by atoms with Crippen LogP contribution in [-0.4, -0.2) is 23.1 Å². The Bertz CT molecular complexity index is 43.1. The molecule has 0 aliphatic heterocycles. The third-order valence-corrected chi connectivity index (χ3v) is 1.60. The van der Waals surface area contributed by atoms with E-state index in [4.69, 9.17) is 0 Å². The zero-order valence-electron chi connectivity index (χ0n) is 8.94. The Morgan fingerprint density at radius 3 is 1.92 bits per heavy atom. The van der Waals surface area contributed by atoms with Gasteiger partial charge in [0, 0.05) is 0 Å². The van der Waals surface area contributed by atoms with E-state index in [9.17, 15) is 0 Å². The standard InChI is InChI=1S/C9H19.CH3.ClH.Mg/c1-3-5-7-9-8-6-4-2;;;/h3H,4-9H2,1-2H3;1H3;1H;/q2*-1;;+2. The van der Waals surface area contributed by atoms with E-state index in [1.807, 2.05) is 0 Å². The van der Waals surface area contributed by atoms with Crippen LogP contribution < -0.4 is 0 Å². The molecule has 0 heterocycles. The second-order valence-electron chi connectivity index (χ2n) is 2.61. The quantitative estimate of drug-likeness (QED) is 0.347. The molecule has 0 bridgehead atoms. The van der Waals surface area contributed by atoms with E-state index in [2.05, 4.69) is 20.3 Å². The Balaban J connectivity index is -0.000000107. The molecule has 0 N–H and O–H groups in total. The molecule has 0 aromatic rings.